The molecule has 2 fully saturated rings. The highest BCUT2D eigenvalue weighted by Gasteiger charge is 2.41. The summed E-state index contributed by atoms with van der Waals surface area (Å²) in [4.78, 5) is 0. The van der Waals surface area contributed by atoms with Gasteiger partial charge < -0.3 is 14.6 Å². The third-order valence-corrected chi connectivity index (χ3v) is 4.72. The van der Waals surface area contributed by atoms with Crippen LogP contribution in [0.4, 0.5) is 0 Å². The lowest BCUT2D eigenvalue weighted by Gasteiger charge is -2.44. The zero-order valence-electron chi connectivity index (χ0n) is 12.3. The summed E-state index contributed by atoms with van der Waals surface area (Å²) >= 11 is 0. The highest BCUT2D eigenvalue weighted by Crippen LogP contribution is 2.41. The third kappa shape index (κ3) is 2.62. The number of aliphatic hydroxyl groups is 1. The van der Waals surface area contributed by atoms with E-state index < -0.39 is 6.10 Å². The zero-order chi connectivity index (χ0) is 14.2. The fraction of sp³-hybridized carbons (Fsp3) is 0.800. The van der Waals surface area contributed by atoms with Crippen molar-refractivity contribution in [1.82, 2.24) is 9.78 Å². The van der Waals surface area contributed by atoms with E-state index >= 15 is 0 Å². The molecule has 0 amide bonds. The van der Waals surface area contributed by atoms with Crippen LogP contribution in [0.3, 0.4) is 0 Å². The molecule has 2 aliphatic heterocycles. The largest absolute Gasteiger partial charge is 0.387 e. The Hall–Kier alpha value is -0.910. The molecule has 2 aliphatic rings. The Morgan fingerprint density at radius 3 is 2.80 bits per heavy atom. The van der Waals surface area contributed by atoms with Crippen LogP contribution >= 0.6 is 0 Å². The minimum absolute atomic E-state index is 0.0736. The van der Waals surface area contributed by atoms with E-state index in [0.29, 0.717) is 0 Å². The summed E-state index contributed by atoms with van der Waals surface area (Å²) in [6.07, 6.45) is 3.27. The summed E-state index contributed by atoms with van der Waals surface area (Å²) in [6, 6.07) is 1.98. The SMILES string of the molecule is Cc1cc(C(O)C2CCOC3(CCOCC3)C2)n(C)n1. The van der Waals surface area contributed by atoms with Crippen LogP contribution in [0.2, 0.25) is 0 Å². The lowest BCUT2D eigenvalue weighted by molar-refractivity contribution is -0.159. The molecule has 2 atom stereocenters. The molecule has 0 bridgehead atoms. The number of aromatic nitrogens is 2. The molecule has 2 unspecified atom stereocenters. The van der Waals surface area contributed by atoms with Gasteiger partial charge in [0.15, 0.2) is 0 Å². The zero-order valence-corrected chi connectivity index (χ0v) is 12.3. The van der Waals surface area contributed by atoms with E-state index in [1.165, 1.54) is 0 Å². The monoisotopic (exact) mass is 280 g/mol. The van der Waals surface area contributed by atoms with Crippen LogP contribution in [-0.2, 0) is 16.5 Å². The van der Waals surface area contributed by atoms with E-state index in [9.17, 15) is 5.11 Å². The molecule has 1 N–H and O–H groups in total. The first-order valence-electron chi connectivity index (χ1n) is 7.50. The third-order valence-electron chi connectivity index (χ3n) is 4.72. The van der Waals surface area contributed by atoms with Gasteiger partial charge in [-0.1, -0.05) is 0 Å². The smallest absolute Gasteiger partial charge is 0.0986 e. The Morgan fingerprint density at radius 1 is 1.40 bits per heavy atom. The molecule has 0 radical (unpaired) electrons. The summed E-state index contributed by atoms with van der Waals surface area (Å²) in [5.74, 6) is 0.247. The van der Waals surface area contributed by atoms with Crippen LogP contribution in [0.5, 0.6) is 0 Å². The van der Waals surface area contributed by atoms with Crippen molar-refractivity contribution in [2.75, 3.05) is 19.8 Å². The minimum atomic E-state index is -0.454. The molecule has 3 heterocycles. The van der Waals surface area contributed by atoms with Gasteiger partial charge in [0.25, 0.3) is 0 Å². The first kappa shape index (κ1) is 14.0. The number of hydrogen-bond acceptors (Lipinski definition) is 4. The van der Waals surface area contributed by atoms with Gasteiger partial charge in [0, 0.05) is 26.9 Å². The van der Waals surface area contributed by atoms with Crippen molar-refractivity contribution in [3.05, 3.63) is 17.5 Å². The van der Waals surface area contributed by atoms with E-state index in [2.05, 4.69) is 5.10 Å². The van der Waals surface area contributed by atoms with Gasteiger partial charge in [-0.15, -0.1) is 0 Å². The van der Waals surface area contributed by atoms with Crippen molar-refractivity contribution in [2.45, 2.75) is 44.3 Å². The molecule has 1 aromatic heterocycles. The molecule has 5 nitrogen and oxygen atoms in total. The second-order valence-electron chi connectivity index (χ2n) is 6.18. The summed E-state index contributed by atoms with van der Waals surface area (Å²) in [5, 5.41) is 15.0. The van der Waals surface area contributed by atoms with Crippen LogP contribution < -0.4 is 0 Å². The lowest BCUT2D eigenvalue weighted by atomic mass is 9.78. The molecule has 1 aromatic rings. The van der Waals surface area contributed by atoms with Crippen molar-refractivity contribution in [3.63, 3.8) is 0 Å². The van der Waals surface area contributed by atoms with Crippen LogP contribution in [0.15, 0.2) is 6.07 Å². The van der Waals surface area contributed by atoms with Crippen molar-refractivity contribution >= 4 is 0 Å². The van der Waals surface area contributed by atoms with Gasteiger partial charge >= 0.3 is 0 Å². The molecule has 0 saturated carbocycles. The summed E-state index contributed by atoms with van der Waals surface area (Å²) in [7, 11) is 1.90. The fourth-order valence-electron chi connectivity index (χ4n) is 3.58. The molecule has 3 rings (SSSR count). The predicted octanol–water partition coefficient (Wildman–Crippen LogP) is 1.74. The van der Waals surface area contributed by atoms with Crippen LogP contribution in [-0.4, -0.2) is 40.3 Å². The molecule has 5 heteroatoms. The van der Waals surface area contributed by atoms with Gasteiger partial charge in [-0.2, -0.15) is 5.10 Å². The maximum absolute atomic E-state index is 10.7. The second-order valence-corrected chi connectivity index (χ2v) is 6.18. The van der Waals surface area contributed by atoms with E-state index in [1.54, 1.807) is 4.68 Å². The van der Waals surface area contributed by atoms with Gasteiger partial charge in [0.05, 0.1) is 23.1 Å². The Bertz CT molecular complexity index is 460. The van der Waals surface area contributed by atoms with E-state index in [1.807, 2.05) is 20.0 Å². The van der Waals surface area contributed by atoms with Crippen molar-refractivity contribution in [3.8, 4) is 0 Å². The number of ether oxygens (including phenoxy) is 2. The van der Waals surface area contributed by atoms with Gasteiger partial charge in [-0.25, -0.2) is 0 Å². The van der Waals surface area contributed by atoms with E-state index in [0.717, 1.165) is 56.9 Å². The number of hydrogen-bond donors (Lipinski definition) is 1. The fourth-order valence-corrected chi connectivity index (χ4v) is 3.58. The molecule has 20 heavy (non-hydrogen) atoms. The molecular formula is C15H24N2O3. The molecule has 112 valence electrons. The number of aliphatic hydroxyl groups excluding tert-OH is 1. The first-order valence-corrected chi connectivity index (χ1v) is 7.50. The lowest BCUT2D eigenvalue weighted by Crippen LogP contribution is -2.45. The highest BCUT2D eigenvalue weighted by atomic mass is 16.5. The Labute approximate surface area is 119 Å². The number of rotatable bonds is 2. The van der Waals surface area contributed by atoms with E-state index in [-0.39, 0.29) is 11.5 Å². The van der Waals surface area contributed by atoms with Crippen LogP contribution in [0.25, 0.3) is 0 Å². The van der Waals surface area contributed by atoms with Crippen LogP contribution in [0.1, 0.15) is 43.2 Å². The van der Waals surface area contributed by atoms with Gasteiger partial charge in [0.2, 0.25) is 0 Å². The number of aryl methyl sites for hydroxylation is 2. The average molecular weight is 280 g/mol. The van der Waals surface area contributed by atoms with Gasteiger partial charge in [0.1, 0.15) is 0 Å². The molecule has 2 saturated heterocycles. The maximum Gasteiger partial charge on any atom is 0.0986 e. The summed E-state index contributed by atoms with van der Waals surface area (Å²) < 4.78 is 13.3. The molecule has 1 spiro atoms. The van der Waals surface area contributed by atoms with E-state index in [4.69, 9.17) is 9.47 Å². The molecule has 0 aliphatic carbocycles. The number of nitrogens with zero attached hydrogens (tertiary/aromatic N) is 2. The first-order chi connectivity index (χ1) is 9.60. The van der Waals surface area contributed by atoms with Crippen molar-refractivity contribution in [1.29, 1.82) is 0 Å². The quantitative estimate of drug-likeness (QED) is 0.896. The topological polar surface area (TPSA) is 56.5 Å². The standard InChI is InChI=1S/C15H24N2O3/c1-11-9-13(17(2)16-11)14(18)12-3-6-20-15(10-12)4-7-19-8-5-15/h9,12,14,18H,3-8,10H2,1-2H3. The highest BCUT2D eigenvalue weighted by molar-refractivity contribution is 5.13. The maximum atomic E-state index is 10.7. The Balaban J connectivity index is 1.74. The van der Waals surface area contributed by atoms with Gasteiger partial charge in [-0.3, -0.25) is 4.68 Å². The minimum Gasteiger partial charge on any atom is -0.387 e. The molecular weight excluding hydrogens is 256 g/mol. The van der Waals surface area contributed by atoms with Crippen LogP contribution in [0, 0.1) is 12.8 Å². The predicted molar refractivity (Wildman–Crippen MR) is 74.4 cm³/mol. The average Bonchev–Trinajstić information content (AvgIpc) is 2.78. The van der Waals surface area contributed by atoms with Crippen molar-refractivity contribution in [2.24, 2.45) is 13.0 Å². The Kier molecular flexibility index (Phi) is 3.84. The van der Waals surface area contributed by atoms with Gasteiger partial charge in [-0.05, 0) is 44.6 Å². The summed E-state index contributed by atoms with van der Waals surface area (Å²) in [6.45, 7) is 4.24. The second kappa shape index (κ2) is 5.47. The van der Waals surface area contributed by atoms with Crippen molar-refractivity contribution < 1.29 is 14.6 Å². The summed E-state index contributed by atoms with van der Waals surface area (Å²) in [5.41, 5.74) is 1.79. The normalized spacial score (nSPS) is 27.6. The molecule has 0 aromatic carbocycles. The Morgan fingerprint density at radius 2 is 2.15 bits per heavy atom.